The van der Waals surface area contributed by atoms with E-state index < -0.39 is 17.9 Å². The molecule has 0 fully saturated rings. The molecule has 0 spiro atoms. The number of nitrogens with zero attached hydrogens (tertiary/aromatic N) is 1. The minimum absolute atomic E-state index is 0.0537. The predicted octanol–water partition coefficient (Wildman–Crippen LogP) is 6.10. The van der Waals surface area contributed by atoms with Crippen molar-refractivity contribution in [2.75, 3.05) is 12.0 Å². The lowest BCUT2D eigenvalue weighted by Crippen LogP contribution is -2.42. The Kier molecular flexibility index (Phi) is 8.65. The molecule has 32 heavy (non-hydrogen) atoms. The summed E-state index contributed by atoms with van der Waals surface area (Å²) >= 11 is 19.9. The molecule has 168 valence electrons. The summed E-state index contributed by atoms with van der Waals surface area (Å²) in [6, 6.07) is 11.4. The summed E-state index contributed by atoms with van der Waals surface area (Å²) in [7, 11) is 0. The molecule has 3 aromatic rings. The molecular formula is C23H21Cl3N2O3S. The third kappa shape index (κ3) is 6.29. The summed E-state index contributed by atoms with van der Waals surface area (Å²) < 4.78 is 5.49. The number of nitrogens with one attached hydrogen (secondary N) is 1. The van der Waals surface area contributed by atoms with Gasteiger partial charge in [0.25, 0.3) is 5.91 Å². The van der Waals surface area contributed by atoms with Crippen molar-refractivity contribution in [1.82, 2.24) is 10.3 Å². The van der Waals surface area contributed by atoms with Gasteiger partial charge in [0.05, 0.1) is 16.1 Å². The molecule has 1 amide bonds. The SMILES string of the molecule is CSCCC(NC(=O)c1ccc(Cl)cc1Cl)C(=O)OCc1cc2ccc(C)cc2nc1Cl. The quantitative estimate of drug-likeness (QED) is 0.292. The van der Waals surface area contributed by atoms with Crippen LogP contribution in [-0.2, 0) is 16.1 Å². The monoisotopic (exact) mass is 510 g/mol. The van der Waals surface area contributed by atoms with Crippen molar-refractivity contribution in [3.63, 3.8) is 0 Å². The number of esters is 1. The number of benzene rings is 2. The third-order valence-corrected chi connectivity index (χ3v) is 6.26. The van der Waals surface area contributed by atoms with Gasteiger partial charge in [-0.3, -0.25) is 4.79 Å². The number of hydrogen-bond acceptors (Lipinski definition) is 5. The zero-order valence-electron chi connectivity index (χ0n) is 17.5. The maximum atomic E-state index is 12.8. The second-order valence-electron chi connectivity index (χ2n) is 7.17. The van der Waals surface area contributed by atoms with Crippen LogP contribution in [0.4, 0.5) is 0 Å². The Labute approximate surface area is 205 Å². The second-order valence-corrected chi connectivity index (χ2v) is 9.36. The first-order valence-corrected chi connectivity index (χ1v) is 12.3. The van der Waals surface area contributed by atoms with E-state index in [1.54, 1.807) is 17.8 Å². The zero-order valence-corrected chi connectivity index (χ0v) is 20.5. The van der Waals surface area contributed by atoms with Crippen LogP contribution in [0.3, 0.4) is 0 Å². The van der Waals surface area contributed by atoms with Crippen LogP contribution in [0.2, 0.25) is 15.2 Å². The fourth-order valence-corrected chi connectivity index (χ4v) is 4.21. The number of ether oxygens (including phenoxy) is 1. The molecule has 0 aliphatic rings. The molecule has 0 aliphatic heterocycles. The Morgan fingerprint density at radius 1 is 1.12 bits per heavy atom. The summed E-state index contributed by atoms with van der Waals surface area (Å²) in [6.45, 7) is 1.92. The molecule has 0 saturated carbocycles. The lowest BCUT2D eigenvalue weighted by Gasteiger charge is -2.18. The smallest absolute Gasteiger partial charge is 0.329 e. The molecule has 1 aromatic heterocycles. The van der Waals surface area contributed by atoms with E-state index in [1.807, 2.05) is 37.4 Å². The Balaban J connectivity index is 1.72. The molecule has 1 N–H and O–H groups in total. The van der Waals surface area contributed by atoms with Crippen molar-refractivity contribution >= 4 is 69.3 Å². The van der Waals surface area contributed by atoms with E-state index in [4.69, 9.17) is 39.5 Å². The van der Waals surface area contributed by atoms with E-state index in [0.717, 1.165) is 16.5 Å². The van der Waals surface area contributed by atoms with Gasteiger partial charge < -0.3 is 10.1 Å². The number of pyridine rings is 1. The van der Waals surface area contributed by atoms with Gasteiger partial charge in [-0.05, 0) is 61.2 Å². The van der Waals surface area contributed by atoms with Gasteiger partial charge in [-0.25, -0.2) is 9.78 Å². The predicted molar refractivity (Wildman–Crippen MR) is 132 cm³/mol. The molecule has 1 unspecified atom stereocenters. The summed E-state index contributed by atoms with van der Waals surface area (Å²) in [5.41, 5.74) is 2.67. The number of rotatable bonds is 8. The summed E-state index contributed by atoms with van der Waals surface area (Å²) in [5, 5.41) is 4.50. The molecule has 1 heterocycles. The average Bonchev–Trinajstić information content (AvgIpc) is 2.74. The van der Waals surface area contributed by atoms with Crippen LogP contribution in [-0.4, -0.2) is 34.9 Å². The van der Waals surface area contributed by atoms with Crippen LogP contribution in [0.15, 0.2) is 42.5 Å². The van der Waals surface area contributed by atoms with Crippen LogP contribution in [0.25, 0.3) is 10.9 Å². The van der Waals surface area contributed by atoms with Crippen LogP contribution in [0, 0.1) is 6.92 Å². The fraction of sp³-hybridized carbons (Fsp3) is 0.261. The first-order chi connectivity index (χ1) is 15.3. The highest BCUT2D eigenvalue weighted by molar-refractivity contribution is 7.98. The number of carbonyl (C=O) groups excluding carboxylic acids is 2. The lowest BCUT2D eigenvalue weighted by molar-refractivity contribution is -0.147. The Morgan fingerprint density at radius 2 is 1.91 bits per heavy atom. The van der Waals surface area contributed by atoms with Crippen LogP contribution < -0.4 is 5.32 Å². The van der Waals surface area contributed by atoms with Crippen molar-refractivity contribution in [2.24, 2.45) is 0 Å². The van der Waals surface area contributed by atoms with E-state index in [2.05, 4.69) is 10.3 Å². The van der Waals surface area contributed by atoms with Gasteiger partial charge in [0.1, 0.15) is 17.8 Å². The van der Waals surface area contributed by atoms with E-state index in [0.29, 0.717) is 22.8 Å². The number of aryl methyl sites for hydroxylation is 1. The molecular weight excluding hydrogens is 491 g/mol. The molecule has 1 atom stereocenters. The van der Waals surface area contributed by atoms with Gasteiger partial charge >= 0.3 is 5.97 Å². The van der Waals surface area contributed by atoms with E-state index >= 15 is 0 Å². The number of amides is 1. The first-order valence-electron chi connectivity index (χ1n) is 9.75. The van der Waals surface area contributed by atoms with Crippen LogP contribution >= 0.6 is 46.6 Å². The fourth-order valence-electron chi connectivity index (χ4n) is 3.04. The number of hydrogen-bond donors (Lipinski definition) is 1. The lowest BCUT2D eigenvalue weighted by atomic mass is 10.1. The summed E-state index contributed by atoms with van der Waals surface area (Å²) in [4.78, 5) is 29.8. The molecule has 0 aliphatic carbocycles. The van der Waals surface area contributed by atoms with Crippen molar-refractivity contribution in [3.05, 3.63) is 74.4 Å². The van der Waals surface area contributed by atoms with Crippen molar-refractivity contribution in [3.8, 4) is 0 Å². The summed E-state index contributed by atoms with van der Waals surface area (Å²) in [5.74, 6) is -0.375. The minimum Gasteiger partial charge on any atom is -0.459 e. The van der Waals surface area contributed by atoms with Crippen molar-refractivity contribution < 1.29 is 14.3 Å². The van der Waals surface area contributed by atoms with Gasteiger partial charge in [0.2, 0.25) is 0 Å². The van der Waals surface area contributed by atoms with Crippen LogP contribution in [0.5, 0.6) is 0 Å². The highest BCUT2D eigenvalue weighted by atomic mass is 35.5. The molecule has 2 aromatic carbocycles. The van der Waals surface area contributed by atoms with Gasteiger partial charge in [-0.15, -0.1) is 0 Å². The molecule has 5 nitrogen and oxygen atoms in total. The average molecular weight is 512 g/mol. The minimum atomic E-state index is -0.837. The normalized spacial score (nSPS) is 11.9. The van der Waals surface area contributed by atoms with E-state index in [1.165, 1.54) is 12.1 Å². The maximum Gasteiger partial charge on any atom is 0.329 e. The number of thioether (sulfide) groups is 1. The molecule has 0 bridgehead atoms. The van der Waals surface area contributed by atoms with Gasteiger partial charge in [0, 0.05) is 16.0 Å². The molecule has 9 heteroatoms. The molecule has 3 rings (SSSR count). The number of carbonyl (C=O) groups is 2. The topological polar surface area (TPSA) is 68.3 Å². The second kappa shape index (κ2) is 11.2. The van der Waals surface area contributed by atoms with Crippen LogP contribution in [0.1, 0.15) is 27.9 Å². The number of halogens is 3. The van der Waals surface area contributed by atoms with Crippen molar-refractivity contribution in [1.29, 1.82) is 0 Å². The third-order valence-electron chi connectivity index (χ3n) is 4.75. The number of aromatic nitrogens is 1. The van der Waals surface area contributed by atoms with Crippen molar-refractivity contribution in [2.45, 2.75) is 26.0 Å². The largest absolute Gasteiger partial charge is 0.459 e. The van der Waals surface area contributed by atoms with Gasteiger partial charge in [-0.1, -0.05) is 46.9 Å². The standard InChI is InChI=1S/C23H21Cl3N2O3S/c1-13-3-4-14-10-15(21(26)27-20(14)9-13)12-31-23(30)19(7-8-32-2)28-22(29)17-6-5-16(24)11-18(17)25/h3-6,9-11,19H,7-8,12H2,1-2H3,(H,28,29). The summed E-state index contributed by atoms with van der Waals surface area (Å²) in [6.07, 6.45) is 2.32. The Morgan fingerprint density at radius 3 is 2.62 bits per heavy atom. The Bertz CT molecular complexity index is 1160. The highest BCUT2D eigenvalue weighted by Gasteiger charge is 2.24. The van der Waals surface area contributed by atoms with Gasteiger partial charge in [0.15, 0.2) is 0 Å². The Hall–Kier alpha value is -1.99. The first kappa shape index (κ1) is 24.6. The molecule has 0 saturated heterocycles. The zero-order chi connectivity index (χ0) is 23.3. The van der Waals surface area contributed by atoms with Gasteiger partial charge in [-0.2, -0.15) is 11.8 Å². The highest BCUT2D eigenvalue weighted by Crippen LogP contribution is 2.23. The number of fused-ring (bicyclic) bond motifs is 1. The maximum absolute atomic E-state index is 12.8. The van der Waals surface area contributed by atoms with E-state index in [9.17, 15) is 9.59 Å². The van der Waals surface area contributed by atoms with E-state index in [-0.39, 0.29) is 22.3 Å². The molecule has 0 radical (unpaired) electrons.